The van der Waals surface area contributed by atoms with Crippen molar-refractivity contribution in [2.24, 2.45) is 0 Å². The molecule has 0 aliphatic heterocycles. The largest absolute Gasteiger partial charge is 0.550 e. The number of aliphatic carboxylic acids is 1. The smallest absolute Gasteiger partial charge is 0.0426 e. The number of carbonyl (C=O) groups excluding carboxylic acids is 1. The van der Waals surface area contributed by atoms with Gasteiger partial charge in [0.15, 0.2) is 0 Å². The Bertz CT molecular complexity index is 72.8. The van der Waals surface area contributed by atoms with E-state index in [1.54, 1.807) is 0 Å². The number of carbonyl (C=O) groups is 1. The first kappa shape index (κ1) is 7.43. The molecule has 0 saturated heterocycles. The van der Waals surface area contributed by atoms with Crippen molar-refractivity contribution in [1.82, 2.24) is 5.32 Å². The Hall–Kier alpha value is -0.570. The minimum absolute atomic E-state index is 0.105. The van der Waals surface area contributed by atoms with Gasteiger partial charge in [0.25, 0.3) is 0 Å². The average Bonchev–Trinajstić information content (AvgIpc) is 1.66. The Balaban J connectivity index is 2.82. The van der Waals surface area contributed by atoms with E-state index in [1.807, 2.05) is 6.92 Å². The lowest BCUT2D eigenvalue weighted by molar-refractivity contribution is -0.305. The lowest BCUT2D eigenvalue weighted by Gasteiger charge is -2.00. The molecule has 0 aliphatic rings. The summed E-state index contributed by atoms with van der Waals surface area (Å²) >= 11 is 0. The summed E-state index contributed by atoms with van der Waals surface area (Å²) in [5.41, 5.74) is 0. The van der Waals surface area contributed by atoms with Crippen LogP contribution in [0.1, 0.15) is 13.3 Å². The van der Waals surface area contributed by atoms with Gasteiger partial charge in [-0.1, -0.05) is 6.92 Å². The van der Waals surface area contributed by atoms with Crippen LogP contribution in [-0.2, 0) is 4.79 Å². The van der Waals surface area contributed by atoms with Crippen LogP contribution in [0, 0.1) is 0 Å². The summed E-state index contributed by atoms with van der Waals surface area (Å²) in [5, 5.41) is 12.6. The minimum Gasteiger partial charge on any atom is -0.550 e. The molecule has 3 heteroatoms. The van der Waals surface area contributed by atoms with Crippen LogP contribution in [-0.4, -0.2) is 19.1 Å². The predicted octanol–water partition coefficient (Wildman–Crippen LogP) is -1.26. The summed E-state index contributed by atoms with van der Waals surface area (Å²) in [7, 11) is 0. The normalized spacial score (nSPS) is 9.12. The second kappa shape index (κ2) is 4.59. The van der Waals surface area contributed by atoms with Gasteiger partial charge in [0.1, 0.15) is 0 Å². The third-order valence-corrected chi connectivity index (χ3v) is 0.756. The van der Waals surface area contributed by atoms with Crippen LogP contribution in [0.2, 0.25) is 0 Å². The zero-order valence-electron chi connectivity index (χ0n) is 4.94. The van der Waals surface area contributed by atoms with Crippen molar-refractivity contribution in [3.63, 3.8) is 0 Å². The molecule has 48 valence electrons. The van der Waals surface area contributed by atoms with Gasteiger partial charge in [-0.2, -0.15) is 0 Å². The average molecular weight is 116 g/mol. The molecule has 8 heavy (non-hydrogen) atoms. The molecule has 0 fully saturated rings. The van der Waals surface area contributed by atoms with Crippen LogP contribution in [0.15, 0.2) is 0 Å². The van der Waals surface area contributed by atoms with Crippen molar-refractivity contribution >= 4 is 5.97 Å². The van der Waals surface area contributed by atoms with Crippen LogP contribution in [0.5, 0.6) is 0 Å². The highest BCUT2D eigenvalue weighted by Gasteiger charge is 1.82. The SMILES string of the molecule is CCNCCC(=O)[O-]. The van der Waals surface area contributed by atoms with E-state index in [0.29, 0.717) is 6.54 Å². The molecule has 1 N–H and O–H groups in total. The number of rotatable bonds is 4. The maximum atomic E-state index is 9.72. The first-order chi connectivity index (χ1) is 3.77. The monoisotopic (exact) mass is 116 g/mol. The number of hydrogen-bond donors (Lipinski definition) is 1. The third kappa shape index (κ3) is 5.43. The molecule has 0 radical (unpaired) electrons. The molecule has 0 aromatic heterocycles. The molecule has 0 bridgehead atoms. The summed E-state index contributed by atoms with van der Waals surface area (Å²) < 4.78 is 0. The van der Waals surface area contributed by atoms with Gasteiger partial charge in [-0.25, -0.2) is 0 Å². The first-order valence-corrected chi connectivity index (χ1v) is 2.68. The van der Waals surface area contributed by atoms with Gasteiger partial charge in [-0.05, 0) is 13.0 Å². The second-order valence-corrected chi connectivity index (χ2v) is 1.48. The summed E-state index contributed by atoms with van der Waals surface area (Å²) in [6.45, 7) is 3.25. The van der Waals surface area contributed by atoms with Gasteiger partial charge in [-0.3, -0.25) is 0 Å². The highest BCUT2D eigenvalue weighted by molar-refractivity contribution is 5.64. The second-order valence-electron chi connectivity index (χ2n) is 1.48. The van der Waals surface area contributed by atoms with E-state index in [1.165, 1.54) is 0 Å². The molecule has 0 unspecified atom stereocenters. The number of hydrogen-bond acceptors (Lipinski definition) is 3. The van der Waals surface area contributed by atoms with Gasteiger partial charge >= 0.3 is 0 Å². The van der Waals surface area contributed by atoms with E-state index in [9.17, 15) is 9.90 Å². The fourth-order valence-electron chi connectivity index (χ4n) is 0.367. The molecule has 0 aliphatic carbocycles. The number of nitrogens with one attached hydrogen (secondary N) is 1. The quantitative estimate of drug-likeness (QED) is 0.466. The first-order valence-electron chi connectivity index (χ1n) is 2.68. The summed E-state index contributed by atoms with van der Waals surface area (Å²) in [5.74, 6) is -0.994. The molecule has 0 atom stereocenters. The maximum Gasteiger partial charge on any atom is 0.0426 e. The van der Waals surface area contributed by atoms with E-state index in [-0.39, 0.29) is 6.42 Å². The topological polar surface area (TPSA) is 52.2 Å². The fraction of sp³-hybridized carbons (Fsp3) is 0.800. The maximum absolute atomic E-state index is 9.72. The Morgan fingerprint density at radius 1 is 1.75 bits per heavy atom. The molecular formula is C5H10NO2-. The van der Waals surface area contributed by atoms with Gasteiger partial charge in [-0.15, -0.1) is 0 Å². The van der Waals surface area contributed by atoms with E-state index >= 15 is 0 Å². The van der Waals surface area contributed by atoms with Crippen molar-refractivity contribution < 1.29 is 9.90 Å². The number of carboxylic acids is 1. The van der Waals surface area contributed by atoms with Gasteiger partial charge < -0.3 is 15.2 Å². The Labute approximate surface area is 48.7 Å². The summed E-state index contributed by atoms with van der Waals surface area (Å²) in [6.07, 6.45) is 0.105. The van der Waals surface area contributed by atoms with Crippen LogP contribution < -0.4 is 10.4 Å². The van der Waals surface area contributed by atoms with Crippen molar-refractivity contribution in [2.75, 3.05) is 13.1 Å². The molecule has 0 aromatic carbocycles. The van der Waals surface area contributed by atoms with E-state index in [0.717, 1.165) is 6.54 Å². The van der Waals surface area contributed by atoms with E-state index < -0.39 is 5.97 Å². The van der Waals surface area contributed by atoms with Gasteiger partial charge in [0, 0.05) is 12.5 Å². The van der Waals surface area contributed by atoms with Crippen molar-refractivity contribution in [3.05, 3.63) is 0 Å². The van der Waals surface area contributed by atoms with Crippen LogP contribution in [0.3, 0.4) is 0 Å². The van der Waals surface area contributed by atoms with Crippen molar-refractivity contribution in [3.8, 4) is 0 Å². The number of carboxylic acid groups (broad SMARTS) is 1. The Morgan fingerprint density at radius 3 is 2.75 bits per heavy atom. The lowest BCUT2D eigenvalue weighted by atomic mass is 10.4. The fourth-order valence-corrected chi connectivity index (χ4v) is 0.367. The van der Waals surface area contributed by atoms with Crippen LogP contribution in [0.4, 0.5) is 0 Å². The summed E-state index contributed by atoms with van der Waals surface area (Å²) in [6, 6.07) is 0. The van der Waals surface area contributed by atoms with Crippen LogP contribution >= 0.6 is 0 Å². The molecule has 0 amide bonds. The Morgan fingerprint density at radius 2 is 2.38 bits per heavy atom. The lowest BCUT2D eigenvalue weighted by Crippen LogP contribution is -2.27. The minimum atomic E-state index is -0.994. The van der Waals surface area contributed by atoms with Gasteiger partial charge in [0.2, 0.25) is 0 Å². The summed E-state index contributed by atoms with van der Waals surface area (Å²) in [4.78, 5) is 9.72. The zero-order chi connectivity index (χ0) is 6.41. The van der Waals surface area contributed by atoms with Crippen molar-refractivity contribution in [2.45, 2.75) is 13.3 Å². The molecule has 0 heterocycles. The predicted molar refractivity (Wildman–Crippen MR) is 28.2 cm³/mol. The van der Waals surface area contributed by atoms with Crippen molar-refractivity contribution in [1.29, 1.82) is 0 Å². The molecular weight excluding hydrogens is 106 g/mol. The molecule has 0 rings (SSSR count). The zero-order valence-corrected chi connectivity index (χ0v) is 4.94. The highest BCUT2D eigenvalue weighted by atomic mass is 16.4. The van der Waals surface area contributed by atoms with E-state index in [2.05, 4.69) is 5.32 Å². The molecule has 0 spiro atoms. The molecule has 0 saturated carbocycles. The highest BCUT2D eigenvalue weighted by Crippen LogP contribution is 1.68. The van der Waals surface area contributed by atoms with Crippen LogP contribution in [0.25, 0.3) is 0 Å². The third-order valence-electron chi connectivity index (χ3n) is 0.756. The van der Waals surface area contributed by atoms with Gasteiger partial charge in [0.05, 0.1) is 0 Å². The standard InChI is InChI=1S/C5H11NO2/c1-2-6-4-3-5(7)8/h6H,2-4H2,1H3,(H,7,8)/p-1. The molecule has 3 nitrogen and oxygen atoms in total. The van der Waals surface area contributed by atoms with E-state index in [4.69, 9.17) is 0 Å². The molecule has 0 aromatic rings. The Kier molecular flexibility index (Phi) is 4.26.